The molecule has 19 heavy (non-hydrogen) atoms. The van der Waals surface area contributed by atoms with Crippen molar-refractivity contribution in [2.24, 2.45) is 5.92 Å². The molecule has 7 heteroatoms. The van der Waals surface area contributed by atoms with Crippen molar-refractivity contribution in [3.05, 3.63) is 32.4 Å². The van der Waals surface area contributed by atoms with Gasteiger partial charge in [0, 0.05) is 9.13 Å². The van der Waals surface area contributed by atoms with Gasteiger partial charge in [-0.05, 0) is 40.8 Å². The molecular formula is C12H11ClINO4. The van der Waals surface area contributed by atoms with E-state index < -0.39 is 17.9 Å². The smallest absolute Gasteiger partial charge is 0.311 e. The van der Waals surface area contributed by atoms with Crippen LogP contribution < -0.4 is 5.32 Å². The first kappa shape index (κ1) is 14.5. The van der Waals surface area contributed by atoms with E-state index in [0.29, 0.717) is 10.6 Å². The van der Waals surface area contributed by atoms with Crippen LogP contribution in [0, 0.1) is 9.49 Å². The van der Waals surface area contributed by atoms with Crippen molar-refractivity contribution >= 4 is 46.1 Å². The normalized spacial score (nSPS) is 22.2. The predicted octanol–water partition coefficient (Wildman–Crippen LogP) is 1.77. The minimum atomic E-state index is -0.969. The second-order valence-corrected chi connectivity index (χ2v) is 5.76. The third-order valence-electron chi connectivity index (χ3n) is 2.90. The van der Waals surface area contributed by atoms with Gasteiger partial charge in [-0.25, -0.2) is 0 Å². The van der Waals surface area contributed by atoms with E-state index in [4.69, 9.17) is 21.4 Å². The van der Waals surface area contributed by atoms with E-state index in [1.54, 1.807) is 18.2 Å². The van der Waals surface area contributed by atoms with Crippen LogP contribution in [-0.2, 0) is 9.53 Å². The molecule has 1 aliphatic heterocycles. The monoisotopic (exact) mass is 395 g/mol. The molecule has 2 atom stereocenters. The van der Waals surface area contributed by atoms with Crippen LogP contribution in [0.3, 0.4) is 0 Å². The standard InChI is InChI=1S/C12H11ClINO4/c13-8-3-6(1-2-9(8)14)11(16)15-10-5-19-4-7(10)12(17)18/h1-3,7,10H,4-5H2,(H,15,16)(H,17,18). The lowest BCUT2D eigenvalue weighted by Crippen LogP contribution is -2.42. The van der Waals surface area contributed by atoms with Crippen molar-refractivity contribution in [3.63, 3.8) is 0 Å². The fourth-order valence-electron chi connectivity index (χ4n) is 1.83. The van der Waals surface area contributed by atoms with E-state index in [2.05, 4.69) is 27.9 Å². The third kappa shape index (κ3) is 3.37. The van der Waals surface area contributed by atoms with Crippen molar-refractivity contribution in [2.75, 3.05) is 13.2 Å². The molecule has 1 fully saturated rings. The summed E-state index contributed by atoms with van der Waals surface area (Å²) in [6, 6.07) is 4.43. The Morgan fingerprint density at radius 2 is 2.16 bits per heavy atom. The Kier molecular flexibility index (Phi) is 4.64. The fourth-order valence-corrected chi connectivity index (χ4v) is 2.35. The molecule has 0 aromatic heterocycles. The zero-order valence-electron chi connectivity index (χ0n) is 9.73. The first-order chi connectivity index (χ1) is 8.99. The highest BCUT2D eigenvalue weighted by Crippen LogP contribution is 2.20. The summed E-state index contributed by atoms with van der Waals surface area (Å²) in [5.74, 6) is -2.02. The van der Waals surface area contributed by atoms with Crippen LogP contribution in [0.15, 0.2) is 18.2 Å². The van der Waals surface area contributed by atoms with Crippen LogP contribution in [0.5, 0.6) is 0 Å². The molecule has 2 N–H and O–H groups in total. The van der Waals surface area contributed by atoms with Gasteiger partial charge in [0.2, 0.25) is 0 Å². The lowest BCUT2D eigenvalue weighted by atomic mass is 10.0. The Hall–Kier alpha value is -0.860. The molecule has 0 bridgehead atoms. The van der Waals surface area contributed by atoms with Gasteiger partial charge in [0.05, 0.1) is 24.3 Å². The Labute approximate surface area is 128 Å². The highest BCUT2D eigenvalue weighted by Gasteiger charge is 2.35. The highest BCUT2D eigenvalue weighted by atomic mass is 127. The van der Waals surface area contributed by atoms with E-state index in [1.165, 1.54) is 0 Å². The van der Waals surface area contributed by atoms with E-state index in [-0.39, 0.29) is 19.1 Å². The number of carbonyl (C=O) groups is 2. The van der Waals surface area contributed by atoms with Crippen molar-refractivity contribution in [1.29, 1.82) is 0 Å². The van der Waals surface area contributed by atoms with Crippen LogP contribution >= 0.6 is 34.2 Å². The van der Waals surface area contributed by atoms with Gasteiger partial charge < -0.3 is 15.2 Å². The van der Waals surface area contributed by atoms with E-state index >= 15 is 0 Å². The average Bonchev–Trinajstić information content (AvgIpc) is 2.80. The number of hydrogen-bond donors (Lipinski definition) is 2. The molecule has 0 radical (unpaired) electrons. The number of rotatable bonds is 3. The topological polar surface area (TPSA) is 75.6 Å². The number of hydrogen-bond acceptors (Lipinski definition) is 3. The summed E-state index contributed by atoms with van der Waals surface area (Å²) in [6.07, 6.45) is 0. The van der Waals surface area contributed by atoms with Crippen molar-refractivity contribution in [3.8, 4) is 0 Å². The van der Waals surface area contributed by atoms with Crippen molar-refractivity contribution < 1.29 is 19.4 Å². The maximum atomic E-state index is 12.0. The summed E-state index contributed by atoms with van der Waals surface area (Å²) in [5.41, 5.74) is 0.404. The number of halogens is 2. The summed E-state index contributed by atoms with van der Waals surface area (Å²) in [5, 5.41) is 12.2. The number of amides is 1. The lowest BCUT2D eigenvalue weighted by molar-refractivity contribution is -0.142. The third-order valence-corrected chi connectivity index (χ3v) is 4.47. The number of nitrogens with one attached hydrogen (secondary N) is 1. The van der Waals surface area contributed by atoms with Gasteiger partial charge in [0.15, 0.2) is 0 Å². The Morgan fingerprint density at radius 3 is 2.79 bits per heavy atom. The van der Waals surface area contributed by atoms with Crippen LogP contribution in [0.1, 0.15) is 10.4 Å². The second-order valence-electron chi connectivity index (χ2n) is 4.19. The minimum absolute atomic E-state index is 0.119. The quantitative estimate of drug-likeness (QED) is 0.765. The van der Waals surface area contributed by atoms with Crippen molar-refractivity contribution in [2.45, 2.75) is 6.04 Å². The molecule has 2 unspecified atom stereocenters. The predicted molar refractivity (Wildman–Crippen MR) is 77.4 cm³/mol. The fraction of sp³-hybridized carbons (Fsp3) is 0.333. The molecule has 102 valence electrons. The molecule has 1 saturated heterocycles. The Morgan fingerprint density at radius 1 is 1.42 bits per heavy atom. The zero-order valence-corrected chi connectivity index (χ0v) is 12.6. The number of aliphatic carboxylic acids is 1. The molecule has 1 heterocycles. The van der Waals surface area contributed by atoms with E-state index in [9.17, 15) is 9.59 Å². The Bertz CT molecular complexity index is 522. The molecule has 1 amide bonds. The first-order valence-electron chi connectivity index (χ1n) is 5.55. The molecule has 5 nitrogen and oxygen atoms in total. The summed E-state index contributed by atoms with van der Waals surface area (Å²) >= 11 is 8.01. The molecule has 0 spiro atoms. The maximum Gasteiger partial charge on any atom is 0.311 e. The molecular weight excluding hydrogens is 384 g/mol. The van der Waals surface area contributed by atoms with Gasteiger partial charge >= 0.3 is 5.97 Å². The Balaban J connectivity index is 2.08. The van der Waals surface area contributed by atoms with E-state index in [1.807, 2.05) is 0 Å². The molecule has 2 rings (SSSR count). The number of carbonyl (C=O) groups excluding carboxylic acids is 1. The van der Waals surface area contributed by atoms with E-state index in [0.717, 1.165) is 3.57 Å². The van der Waals surface area contributed by atoms with Crippen LogP contribution in [-0.4, -0.2) is 36.2 Å². The summed E-state index contributed by atoms with van der Waals surface area (Å²) < 4.78 is 5.94. The molecule has 0 saturated carbocycles. The molecule has 1 aromatic rings. The van der Waals surface area contributed by atoms with Crippen LogP contribution in [0.4, 0.5) is 0 Å². The largest absolute Gasteiger partial charge is 0.481 e. The molecule has 0 aliphatic carbocycles. The molecule has 1 aromatic carbocycles. The first-order valence-corrected chi connectivity index (χ1v) is 7.01. The SMILES string of the molecule is O=C(NC1COCC1C(=O)O)c1ccc(I)c(Cl)c1. The van der Waals surface area contributed by atoms with Crippen LogP contribution in [0.2, 0.25) is 5.02 Å². The van der Waals surface area contributed by atoms with Gasteiger partial charge in [-0.1, -0.05) is 11.6 Å². The highest BCUT2D eigenvalue weighted by molar-refractivity contribution is 14.1. The maximum absolute atomic E-state index is 12.0. The van der Waals surface area contributed by atoms with Crippen LogP contribution in [0.25, 0.3) is 0 Å². The summed E-state index contributed by atoms with van der Waals surface area (Å²) in [7, 11) is 0. The number of benzene rings is 1. The lowest BCUT2D eigenvalue weighted by Gasteiger charge is -2.15. The van der Waals surface area contributed by atoms with Gasteiger partial charge in [0.1, 0.15) is 5.92 Å². The van der Waals surface area contributed by atoms with Crippen molar-refractivity contribution in [1.82, 2.24) is 5.32 Å². The molecule has 1 aliphatic rings. The zero-order chi connectivity index (χ0) is 14.0. The number of ether oxygens (including phenoxy) is 1. The number of carboxylic acid groups (broad SMARTS) is 1. The van der Waals surface area contributed by atoms with Gasteiger partial charge in [-0.15, -0.1) is 0 Å². The second kappa shape index (κ2) is 6.06. The number of carboxylic acids is 1. The summed E-state index contributed by atoms with van der Waals surface area (Å²) in [6.45, 7) is 0.328. The van der Waals surface area contributed by atoms with Gasteiger partial charge in [-0.2, -0.15) is 0 Å². The van der Waals surface area contributed by atoms with Gasteiger partial charge in [0.25, 0.3) is 5.91 Å². The average molecular weight is 396 g/mol. The minimum Gasteiger partial charge on any atom is -0.481 e. The summed E-state index contributed by atoms with van der Waals surface area (Å²) in [4.78, 5) is 23.0. The van der Waals surface area contributed by atoms with Gasteiger partial charge in [-0.3, -0.25) is 9.59 Å².